The van der Waals surface area contributed by atoms with Gasteiger partial charge >= 0.3 is 0 Å². The predicted octanol–water partition coefficient (Wildman–Crippen LogP) is 1.03. The fourth-order valence-corrected chi connectivity index (χ4v) is 0.923. The normalized spacial score (nSPS) is 26.7. The van der Waals surface area contributed by atoms with Gasteiger partial charge in [0.2, 0.25) is 0 Å². The zero-order chi connectivity index (χ0) is 8.27. The van der Waals surface area contributed by atoms with Crippen molar-refractivity contribution < 1.29 is 5.21 Å². The van der Waals surface area contributed by atoms with Gasteiger partial charge in [0.15, 0.2) is 0 Å². The molecule has 3 N–H and O–H groups in total. The molecule has 1 aliphatic rings. The molecule has 0 fully saturated rings. The second-order valence-electron chi connectivity index (χ2n) is 2.29. The quantitative estimate of drug-likeness (QED) is 0.333. The van der Waals surface area contributed by atoms with Gasteiger partial charge in [-0.1, -0.05) is 17.3 Å². The van der Waals surface area contributed by atoms with Crippen LogP contribution in [0, 0.1) is 5.92 Å². The maximum absolute atomic E-state index is 8.52. The lowest BCUT2D eigenvalue weighted by atomic mass is 9.98. The molecule has 1 atom stereocenters. The van der Waals surface area contributed by atoms with Crippen molar-refractivity contribution in [1.82, 2.24) is 0 Å². The largest absolute Gasteiger partial charge is 0.411 e. The van der Waals surface area contributed by atoms with Crippen LogP contribution < -0.4 is 5.73 Å². The SMILES string of the molecule is C=CC1C=CC(N)=CC1=NO. The molecule has 0 amide bonds. The lowest BCUT2D eigenvalue weighted by molar-refractivity contribution is 0.317. The van der Waals surface area contributed by atoms with Crippen LogP contribution in [0.3, 0.4) is 0 Å². The van der Waals surface area contributed by atoms with Crippen LogP contribution in [0.2, 0.25) is 0 Å². The lowest BCUT2D eigenvalue weighted by Crippen LogP contribution is -2.13. The van der Waals surface area contributed by atoms with E-state index in [1.165, 1.54) is 0 Å². The zero-order valence-electron chi connectivity index (χ0n) is 6.07. The summed E-state index contributed by atoms with van der Waals surface area (Å²) >= 11 is 0. The van der Waals surface area contributed by atoms with Gasteiger partial charge in [-0.3, -0.25) is 0 Å². The van der Waals surface area contributed by atoms with Gasteiger partial charge in [-0.2, -0.15) is 0 Å². The third-order valence-corrected chi connectivity index (χ3v) is 1.52. The van der Waals surface area contributed by atoms with Crippen LogP contribution in [0.5, 0.6) is 0 Å². The van der Waals surface area contributed by atoms with E-state index in [0.29, 0.717) is 11.4 Å². The van der Waals surface area contributed by atoms with Gasteiger partial charge in [-0.25, -0.2) is 0 Å². The van der Waals surface area contributed by atoms with Crippen molar-refractivity contribution in [2.45, 2.75) is 0 Å². The molecular weight excluding hydrogens is 140 g/mol. The summed E-state index contributed by atoms with van der Waals surface area (Å²) in [6.07, 6.45) is 6.90. The van der Waals surface area contributed by atoms with Crippen molar-refractivity contribution in [3.8, 4) is 0 Å². The molecular formula is C8H10N2O. The van der Waals surface area contributed by atoms with Crippen LogP contribution in [0.15, 0.2) is 41.7 Å². The second kappa shape index (κ2) is 3.05. The summed E-state index contributed by atoms with van der Waals surface area (Å²) in [5, 5.41) is 11.6. The van der Waals surface area contributed by atoms with Crippen molar-refractivity contribution in [3.63, 3.8) is 0 Å². The number of hydrogen-bond donors (Lipinski definition) is 2. The lowest BCUT2D eigenvalue weighted by Gasteiger charge is -2.10. The number of rotatable bonds is 1. The van der Waals surface area contributed by atoms with E-state index in [1.54, 1.807) is 18.2 Å². The van der Waals surface area contributed by atoms with Gasteiger partial charge < -0.3 is 10.9 Å². The third kappa shape index (κ3) is 1.49. The van der Waals surface area contributed by atoms with E-state index < -0.39 is 0 Å². The van der Waals surface area contributed by atoms with E-state index in [2.05, 4.69) is 11.7 Å². The summed E-state index contributed by atoms with van der Waals surface area (Å²) in [4.78, 5) is 0. The Hall–Kier alpha value is -1.51. The highest BCUT2D eigenvalue weighted by molar-refractivity contribution is 6.00. The van der Waals surface area contributed by atoms with Crippen LogP contribution >= 0.6 is 0 Å². The van der Waals surface area contributed by atoms with Crippen LogP contribution in [-0.2, 0) is 0 Å². The molecule has 1 rings (SSSR count). The van der Waals surface area contributed by atoms with Gasteiger partial charge in [0.1, 0.15) is 0 Å². The molecule has 1 aliphatic carbocycles. The fourth-order valence-electron chi connectivity index (χ4n) is 0.923. The Balaban J connectivity index is 2.92. The molecule has 0 saturated heterocycles. The van der Waals surface area contributed by atoms with E-state index in [4.69, 9.17) is 10.9 Å². The van der Waals surface area contributed by atoms with Crippen LogP contribution in [0.4, 0.5) is 0 Å². The van der Waals surface area contributed by atoms with E-state index in [0.717, 1.165) is 0 Å². The van der Waals surface area contributed by atoms with Gasteiger partial charge in [0, 0.05) is 11.6 Å². The summed E-state index contributed by atoms with van der Waals surface area (Å²) in [7, 11) is 0. The standard InChI is InChI=1S/C8H10N2O/c1-2-6-3-4-7(9)5-8(6)10-11/h2-6,11H,1,9H2. The average molecular weight is 150 g/mol. The van der Waals surface area contributed by atoms with E-state index in [9.17, 15) is 0 Å². The molecule has 11 heavy (non-hydrogen) atoms. The van der Waals surface area contributed by atoms with Gasteiger partial charge in [0.25, 0.3) is 0 Å². The Kier molecular flexibility index (Phi) is 2.11. The molecule has 0 aromatic rings. The molecule has 0 saturated carbocycles. The number of hydrogen-bond acceptors (Lipinski definition) is 3. The average Bonchev–Trinajstić information content (AvgIpc) is 2.04. The van der Waals surface area contributed by atoms with Crippen molar-refractivity contribution in [2.24, 2.45) is 16.8 Å². The minimum absolute atomic E-state index is 0.0210. The summed E-state index contributed by atoms with van der Waals surface area (Å²) < 4.78 is 0. The smallest absolute Gasteiger partial charge is 0.0922 e. The van der Waals surface area contributed by atoms with Crippen LogP contribution in [0.25, 0.3) is 0 Å². The van der Waals surface area contributed by atoms with Gasteiger partial charge in [-0.05, 0) is 12.2 Å². The summed E-state index contributed by atoms with van der Waals surface area (Å²) in [5.74, 6) is -0.0210. The highest BCUT2D eigenvalue weighted by Gasteiger charge is 2.11. The molecule has 1 unspecified atom stereocenters. The van der Waals surface area contributed by atoms with E-state index in [1.807, 2.05) is 6.08 Å². The first-order valence-electron chi connectivity index (χ1n) is 3.28. The molecule has 0 radical (unpaired) electrons. The molecule has 0 bridgehead atoms. The van der Waals surface area contributed by atoms with Gasteiger partial charge in [-0.15, -0.1) is 6.58 Å². The van der Waals surface area contributed by atoms with Crippen molar-refractivity contribution >= 4 is 5.71 Å². The first-order valence-corrected chi connectivity index (χ1v) is 3.28. The topological polar surface area (TPSA) is 58.6 Å². The second-order valence-corrected chi connectivity index (χ2v) is 2.29. The highest BCUT2D eigenvalue weighted by atomic mass is 16.4. The molecule has 58 valence electrons. The third-order valence-electron chi connectivity index (χ3n) is 1.52. The summed E-state index contributed by atoms with van der Waals surface area (Å²) in [6.45, 7) is 3.59. The Morgan fingerprint density at radius 2 is 2.45 bits per heavy atom. The molecule has 0 aliphatic heterocycles. The maximum Gasteiger partial charge on any atom is 0.0922 e. The maximum atomic E-state index is 8.52. The molecule has 0 heterocycles. The van der Waals surface area contributed by atoms with Gasteiger partial charge in [0.05, 0.1) is 5.71 Å². The molecule has 3 nitrogen and oxygen atoms in total. The van der Waals surface area contributed by atoms with Crippen molar-refractivity contribution in [2.75, 3.05) is 0 Å². The Morgan fingerprint density at radius 3 is 3.00 bits per heavy atom. The summed E-state index contributed by atoms with van der Waals surface area (Å²) in [5.41, 5.74) is 6.59. The first-order chi connectivity index (χ1) is 5.27. The number of nitrogens with zero attached hydrogens (tertiary/aromatic N) is 1. The molecule has 3 heteroatoms. The molecule has 0 aromatic heterocycles. The van der Waals surface area contributed by atoms with Crippen molar-refractivity contribution in [1.29, 1.82) is 0 Å². The number of allylic oxidation sites excluding steroid dienone is 4. The minimum Gasteiger partial charge on any atom is -0.411 e. The zero-order valence-corrected chi connectivity index (χ0v) is 6.07. The van der Waals surface area contributed by atoms with E-state index >= 15 is 0 Å². The fraction of sp³-hybridized carbons (Fsp3) is 0.125. The van der Waals surface area contributed by atoms with Crippen LogP contribution in [0.1, 0.15) is 0 Å². The molecule has 0 aromatic carbocycles. The Bertz CT molecular complexity index is 251. The highest BCUT2D eigenvalue weighted by Crippen LogP contribution is 2.11. The summed E-state index contributed by atoms with van der Waals surface area (Å²) in [6, 6.07) is 0. The number of oxime groups is 1. The van der Waals surface area contributed by atoms with Crippen molar-refractivity contribution in [3.05, 3.63) is 36.6 Å². The van der Waals surface area contributed by atoms with E-state index in [-0.39, 0.29) is 5.92 Å². The minimum atomic E-state index is -0.0210. The predicted molar refractivity (Wildman–Crippen MR) is 44.3 cm³/mol. The first kappa shape index (κ1) is 7.60. The van der Waals surface area contributed by atoms with Crippen LogP contribution in [-0.4, -0.2) is 10.9 Å². The number of nitrogens with two attached hydrogens (primary N) is 1. The molecule has 0 spiro atoms. The Morgan fingerprint density at radius 1 is 1.73 bits per heavy atom. The monoisotopic (exact) mass is 150 g/mol. The Labute approximate surface area is 65.2 Å².